The molecule has 1 saturated heterocycles. The van der Waals surface area contributed by atoms with Crippen molar-refractivity contribution in [3.05, 3.63) is 42.0 Å². The smallest absolute Gasteiger partial charge is 0.260 e. The van der Waals surface area contributed by atoms with E-state index in [-0.39, 0.29) is 30.1 Å². The molecule has 0 radical (unpaired) electrons. The quantitative estimate of drug-likeness (QED) is 0.652. The molecule has 0 spiro atoms. The summed E-state index contributed by atoms with van der Waals surface area (Å²) >= 11 is 1.63. The molecule has 6 nitrogen and oxygen atoms in total. The Balaban J connectivity index is 1.46. The van der Waals surface area contributed by atoms with Gasteiger partial charge in [-0.25, -0.2) is 8.42 Å². The highest BCUT2D eigenvalue weighted by molar-refractivity contribution is 7.91. The van der Waals surface area contributed by atoms with Crippen molar-refractivity contribution in [1.82, 2.24) is 4.90 Å². The highest BCUT2D eigenvalue weighted by atomic mass is 32.2. The first kappa shape index (κ1) is 18.1. The molecule has 1 fully saturated rings. The first-order valence-electron chi connectivity index (χ1n) is 8.57. The molecule has 0 N–H and O–H groups in total. The largest absolute Gasteiger partial charge is 0.484 e. The van der Waals surface area contributed by atoms with Crippen LogP contribution in [0.2, 0.25) is 0 Å². The zero-order chi connectivity index (χ0) is 19.0. The van der Waals surface area contributed by atoms with Crippen LogP contribution < -0.4 is 4.74 Å². The highest BCUT2D eigenvalue weighted by Crippen LogP contribution is 2.35. The average molecular weight is 405 g/mol. The van der Waals surface area contributed by atoms with E-state index >= 15 is 0 Å². The summed E-state index contributed by atoms with van der Waals surface area (Å²) in [6, 6.07) is 9.18. The highest BCUT2D eigenvalue weighted by Gasteiger charge is 2.32. The van der Waals surface area contributed by atoms with Crippen LogP contribution in [0.3, 0.4) is 0 Å². The first-order chi connectivity index (χ1) is 12.9. The fraction of sp³-hybridized carbons (Fsp3) is 0.316. The van der Waals surface area contributed by atoms with Gasteiger partial charge < -0.3 is 14.1 Å². The van der Waals surface area contributed by atoms with Crippen molar-refractivity contribution >= 4 is 38.1 Å². The number of likely N-dealkylation sites (N-methyl/N-ethyl adjacent to an activating group) is 1. The van der Waals surface area contributed by atoms with E-state index in [1.807, 2.05) is 29.6 Å². The van der Waals surface area contributed by atoms with E-state index in [0.29, 0.717) is 12.2 Å². The van der Waals surface area contributed by atoms with Gasteiger partial charge in [0.25, 0.3) is 5.91 Å². The average Bonchev–Trinajstić information content (AvgIpc) is 3.37. The van der Waals surface area contributed by atoms with Gasteiger partial charge in [0.15, 0.2) is 16.4 Å². The van der Waals surface area contributed by atoms with Gasteiger partial charge in [-0.1, -0.05) is 6.07 Å². The van der Waals surface area contributed by atoms with Crippen molar-refractivity contribution in [1.29, 1.82) is 0 Å². The normalized spacial score (nSPS) is 18.6. The van der Waals surface area contributed by atoms with Crippen LogP contribution in [-0.2, 0) is 14.6 Å². The Morgan fingerprint density at radius 1 is 1.37 bits per heavy atom. The second-order valence-electron chi connectivity index (χ2n) is 6.63. The van der Waals surface area contributed by atoms with E-state index in [2.05, 4.69) is 0 Å². The molecule has 27 heavy (non-hydrogen) atoms. The topological polar surface area (TPSA) is 76.8 Å². The number of carbonyl (C=O) groups is 1. The maximum absolute atomic E-state index is 12.4. The molecule has 3 heterocycles. The molecule has 8 heteroatoms. The van der Waals surface area contributed by atoms with Crippen LogP contribution in [0.4, 0.5) is 0 Å². The summed E-state index contributed by atoms with van der Waals surface area (Å²) in [5.41, 5.74) is 1.75. The predicted octanol–water partition coefficient (Wildman–Crippen LogP) is 3.19. The van der Waals surface area contributed by atoms with Crippen molar-refractivity contribution in [2.45, 2.75) is 12.5 Å². The molecule has 2 aromatic heterocycles. The summed E-state index contributed by atoms with van der Waals surface area (Å²) in [6.07, 6.45) is 2.20. The second-order valence-corrected chi connectivity index (χ2v) is 9.81. The van der Waals surface area contributed by atoms with Crippen LogP contribution in [0, 0.1) is 0 Å². The van der Waals surface area contributed by atoms with E-state index in [1.165, 1.54) is 4.90 Å². The van der Waals surface area contributed by atoms with Crippen LogP contribution in [0.5, 0.6) is 5.75 Å². The Morgan fingerprint density at radius 2 is 2.22 bits per heavy atom. The number of furan rings is 1. The van der Waals surface area contributed by atoms with Crippen molar-refractivity contribution in [3.8, 4) is 16.2 Å². The zero-order valence-corrected chi connectivity index (χ0v) is 16.4. The van der Waals surface area contributed by atoms with Crippen molar-refractivity contribution < 1.29 is 22.4 Å². The number of hydrogen-bond acceptors (Lipinski definition) is 6. The minimum atomic E-state index is -3.03. The number of thiophene rings is 1. The zero-order valence-electron chi connectivity index (χ0n) is 14.8. The van der Waals surface area contributed by atoms with Gasteiger partial charge >= 0.3 is 0 Å². The summed E-state index contributed by atoms with van der Waals surface area (Å²) in [5, 5.41) is 2.93. The third-order valence-electron chi connectivity index (χ3n) is 4.84. The van der Waals surface area contributed by atoms with Crippen molar-refractivity contribution in [2.75, 3.05) is 25.2 Å². The predicted molar refractivity (Wildman–Crippen MR) is 105 cm³/mol. The monoisotopic (exact) mass is 405 g/mol. The molecule has 1 aliphatic rings. The molecule has 142 valence electrons. The van der Waals surface area contributed by atoms with Crippen molar-refractivity contribution in [3.63, 3.8) is 0 Å². The number of nitrogens with zero attached hydrogens (tertiary/aromatic N) is 1. The lowest BCUT2D eigenvalue weighted by molar-refractivity contribution is -0.133. The Bertz CT molecular complexity index is 1070. The molecular weight excluding hydrogens is 386 g/mol. The third-order valence-corrected chi connectivity index (χ3v) is 7.50. The molecular formula is C19H19NO5S2. The van der Waals surface area contributed by atoms with E-state index in [1.54, 1.807) is 30.7 Å². The van der Waals surface area contributed by atoms with Crippen LogP contribution in [0.1, 0.15) is 6.42 Å². The second kappa shape index (κ2) is 7.01. The lowest BCUT2D eigenvalue weighted by Crippen LogP contribution is -2.40. The molecule has 1 unspecified atom stereocenters. The van der Waals surface area contributed by atoms with Gasteiger partial charge in [-0.15, -0.1) is 11.3 Å². The van der Waals surface area contributed by atoms with Crippen LogP contribution in [-0.4, -0.2) is 50.4 Å². The Labute approximate surface area is 161 Å². The van der Waals surface area contributed by atoms with Gasteiger partial charge in [0.2, 0.25) is 0 Å². The molecule has 0 bridgehead atoms. The molecule has 1 atom stereocenters. The van der Waals surface area contributed by atoms with Crippen molar-refractivity contribution in [2.24, 2.45) is 0 Å². The molecule has 0 aliphatic carbocycles. The molecule has 1 aromatic carbocycles. The fourth-order valence-electron chi connectivity index (χ4n) is 3.25. The number of rotatable bonds is 5. The molecule has 4 rings (SSSR count). The summed E-state index contributed by atoms with van der Waals surface area (Å²) in [6.45, 7) is -0.134. The maximum atomic E-state index is 12.4. The SMILES string of the molecule is CN(C(=O)COc1ccc2occ(-c3cccs3)c2c1)C1CCS(=O)(=O)C1. The summed E-state index contributed by atoms with van der Waals surface area (Å²) in [4.78, 5) is 15.0. The minimum absolute atomic E-state index is 0.0282. The summed E-state index contributed by atoms with van der Waals surface area (Å²) in [7, 11) is -1.40. The van der Waals surface area contributed by atoms with Gasteiger partial charge in [-0.2, -0.15) is 0 Å². The Morgan fingerprint density at radius 3 is 2.93 bits per heavy atom. The lowest BCUT2D eigenvalue weighted by Gasteiger charge is -2.23. The number of carbonyl (C=O) groups excluding carboxylic acids is 1. The molecule has 3 aromatic rings. The maximum Gasteiger partial charge on any atom is 0.260 e. The number of hydrogen-bond donors (Lipinski definition) is 0. The molecule has 0 saturated carbocycles. The fourth-order valence-corrected chi connectivity index (χ4v) is 5.77. The van der Waals surface area contributed by atoms with E-state index < -0.39 is 9.84 Å². The van der Waals surface area contributed by atoms with Gasteiger partial charge in [0, 0.05) is 28.9 Å². The van der Waals surface area contributed by atoms with Gasteiger partial charge in [-0.3, -0.25) is 4.79 Å². The molecule has 1 amide bonds. The Hall–Kier alpha value is -2.32. The summed E-state index contributed by atoms with van der Waals surface area (Å²) in [5.74, 6) is 0.504. The number of sulfone groups is 1. The van der Waals surface area contributed by atoms with E-state index in [0.717, 1.165) is 21.4 Å². The minimum Gasteiger partial charge on any atom is -0.484 e. The van der Waals surface area contributed by atoms with E-state index in [4.69, 9.17) is 9.15 Å². The van der Waals surface area contributed by atoms with Crippen LogP contribution >= 0.6 is 11.3 Å². The van der Waals surface area contributed by atoms with Crippen LogP contribution in [0.15, 0.2) is 46.4 Å². The standard InChI is InChI=1S/C19H19NO5S2/c1-20(13-6-8-27(22,23)12-13)19(21)11-24-14-4-5-17-15(9-14)16(10-25-17)18-3-2-7-26-18/h2-5,7,9-10,13H,6,8,11-12H2,1H3. The van der Waals surface area contributed by atoms with Gasteiger partial charge in [-0.05, 0) is 36.1 Å². The van der Waals surface area contributed by atoms with Gasteiger partial charge in [0.05, 0.1) is 11.5 Å². The lowest BCUT2D eigenvalue weighted by atomic mass is 10.1. The third kappa shape index (κ3) is 3.72. The van der Waals surface area contributed by atoms with Crippen LogP contribution in [0.25, 0.3) is 21.4 Å². The number of fused-ring (bicyclic) bond motifs is 1. The number of benzene rings is 1. The summed E-state index contributed by atoms with van der Waals surface area (Å²) < 4.78 is 34.5. The van der Waals surface area contributed by atoms with E-state index in [9.17, 15) is 13.2 Å². The Kier molecular flexibility index (Phi) is 4.69. The number of ether oxygens (including phenoxy) is 1. The molecule has 1 aliphatic heterocycles. The van der Waals surface area contributed by atoms with Gasteiger partial charge in [0.1, 0.15) is 17.6 Å². The first-order valence-corrected chi connectivity index (χ1v) is 11.3. The number of amides is 1.